The summed E-state index contributed by atoms with van der Waals surface area (Å²) in [6, 6.07) is 50.9. The number of nitrogens with zero attached hydrogens (tertiary/aromatic N) is 9. The number of carbonyl (C=O) groups is 6. The first-order chi connectivity index (χ1) is 55.8. The van der Waals surface area contributed by atoms with Crippen LogP contribution in [0.2, 0.25) is 0 Å². The highest BCUT2D eigenvalue weighted by Crippen LogP contribution is 2.59. The first kappa shape index (κ1) is 67.9. The fraction of sp³-hybridized carbons (Fsp3) is 0.204. The zero-order valence-corrected chi connectivity index (χ0v) is 65.4. The summed E-state index contributed by atoms with van der Waals surface area (Å²) in [4.78, 5) is 159. The number of amides is 6. The molecule has 0 N–H and O–H groups in total. The molecule has 0 atom stereocenters. The topological polar surface area (TPSA) is 215 Å². The lowest BCUT2D eigenvalue weighted by Crippen LogP contribution is -2.42. The highest BCUT2D eigenvalue weighted by Gasteiger charge is 2.47. The van der Waals surface area contributed by atoms with E-state index in [-0.39, 0.29) is 52.2 Å². The first-order valence-corrected chi connectivity index (χ1v) is 40.0. The number of benzene rings is 12. The Kier molecular flexibility index (Phi) is 13.4. The van der Waals surface area contributed by atoms with E-state index < -0.39 is 47.3 Å². The van der Waals surface area contributed by atoms with E-state index in [9.17, 15) is 0 Å². The van der Waals surface area contributed by atoms with E-state index >= 15 is 43.2 Å². The van der Waals surface area contributed by atoms with E-state index in [1.807, 2.05) is 174 Å². The van der Waals surface area contributed by atoms with Gasteiger partial charge in [-0.15, -0.1) is 0 Å². The lowest BCUT2D eigenvalue weighted by atomic mass is 9.61. The molecule has 0 fully saturated rings. The van der Waals surface area contributed by atoms with Crippen molar-refractivity contribution in [3.63, 3.8) is 0 Å². The largest absolute Gasteiger partial charge is 0.268 e. The Balaban J connectivity index is 0.731. The van der Waals surface area contributed by atoms with E-state index in [2.05, 4.69) is 18.2 Å². The van der Waals surface area contributed by atoms with E-state index in [1.54, 1.807) is 67.8 Å². The zero-order chi connectivity index (χ0) is 79.7. The third-order valence-electron chi connectivity index (χ3n) is 26.2. The third kappa shape index (κ3) is 8.24. The second-order valence-electron chi connectivity index (χ2n) is 34.3. The standard InChI is InChI=1S/C98H71N9O9/c1-40(2)46-16-13-17-47(41(3)4)84(46)105-93(111)58-25-22-52-78-55(28-31-61(81(58)78)96(105)114)90(108)102-73-37-67-64(34-70(73)99-87(52)102)76-65-35-71-74(103-88(100-71)53-23-26-59-82-62(32-29-56(79(53)82)91(103)109)97(115)106(94(59)112)85-48(42(5)6)18-14-19-49(85)43(7)8)38-68(65)77(67)69-39-75-72(36-66(69)76)101-89-54-24-27-60-83-63(33-30-57(80(54)83)92(110)104(75)89)98(116)107(95(60)113)86-50(44(9)10)20-15-21-51(86)45(11)12/h13-45,76-77H,1-12H3. The minimum atomic E-state index is -0.639. The summed E-state index contributed by atoms with van der Waals surface area (Å²) < 4.78 is 4.91. The summed E-state index contributed by atoms with van der Waals surface area (Å²) in [7, 11) is 0. The van der Waals surface area contributed by atoms with E-state index in [0.29, 0.717) is 165 Å². The molecule has 6 amide bonds. The van der Waals surface area contributed by atoms with Gasteiger partial charge < -0.3 is 0 Å². The Morgan fingerprint density at radius 2 is 0.457 bits per heavy atom. The molecular formula is C98H71N9O9. The third-order valence-corrected chi connectivity index (χ3v) is 26.2. The maximum atomic E-state index is 15.8. The fourth-order valence-corrected chi connectivity index (χ4v) is 21.1. The van der Waals surface area contributed by atoms with E-state index in [0.717, 1.165) is 66.8 Å². The molecule has 24 rings (SSSR count). The lowest BCUT2D eigenvalue weighted by molar-refractivity contribution is 0.0877. The Morgan fingerprint density at radius 1 is 0.250 bits per heavy atom. The predicted octanol–water partition coefficient (Wildman–Crippen LogP) is 19.5. The van der Waals surface area contributed by atoms with Gasteiger partial charge in [0.2, 0.25) is 0 Å². The fourth-order valence-electron chi connectivity index (χ4n) is 21.1. The summed E-state index contributed by atoms with van der Waals surface area (Å²) >= 11 is 0. The normalized spacial score (nSPS) is 16.0. The van der Waals surface area contributed by atoms with Crippen LogP contribution < -0.4 is 31.4 Å². The van der Waals surface area contributed by atoms with Crippen LogP contribution in [0.15, 0.2) is 178 Å². The van der Waals surface area contributed by atoms with Crippen LogP contribution in [-0.2, 0) is 0 Å². The molecule has 116 heavy (non-hydrogen) atoms. The summed E-state index contributed by atoms with van der Waals surface area (Å²) in [5.41, 5.74) is 17.0. The maximum Gasteiger partial charge on any atom is 0.266 e. The Bertz CT molecular complexity index is 7160. The molecule has 18 heteroatoms. The van der Waals surface area contributed by atoms with Crippen LogP contribution >= 0.6 is 0 Å². The van der Waals surface area contributed by atoms with Gasteiger partial charge in [-0.25, -0.2) is 29.7 Å². The molecule has 0 saturated carbocycles. The molecule has 6 aliphatic rings. The number of anilines is 3. The van der Waals surface area contributed by atoms with Crippen LogP contribution in [0.1, 0.15) is 259 Å². The summed E-state index contributed by atoms with van der Waals surface area (Å²) in [6.45, 7) is 24.6. The van der Waals surface area contributed by atoms with E-state index in [4.69, 9.17) is 15.0 Å². The Morgan fingerprint density at radius 3 is 0.672 bits per heavy atom. The molecule has 9 heterocycles. The SMILES string of the molecule is CC(C)c1cccc(C(C)C)c1N1C(=O)c2ccc3c(=O)n4c5cc6c(cc5nc4c4ccc(c2c34)C1=O)C1c2cc3nc4c5ccc7c8c(ccc(c(=O)n4c3cc2C6c2cc3c(cc21)nc1c2ccc4c6c(ccc(c(=O)n31)c62)C(=O)N(c1c(C(C)C)cccc1C(C)C)C4=O)c85)C(=O)N(c1c(C(C)C)cccc1C(C)C)C7=O. The number of rotatable bonds is 9. The predicted molar refractivity (Wildman–Crippen MR) is 455 cm³/mol. The number of imide groups is 3. The van der Waals surface area contributed by atoms with Crippen molar-refractivity contribution in [1.82, 2.24) is 28.2 Å². The van der Waals surface area contributed by atoms with Gasteiger partial charge in [0.15, 0.2) is 0 Å². The van der Waals surface area contributed by atoms with Crippen molar-refractivity contribution >= 4 is 167 Å². The highest BCUT2D eigenvalue weighted by molar-refractivity contribution is 6.42. The van der Waals surface area contributed by atoms with Crippen LogP contribution in [0.5, 0.6) is 0 Å². The summed E-state index contributed by atoms with van der Waals surface area (Å²) in [5, 5.41) is 5.31. The van der Waals surface area contributed by atoms with Crippen LogP contribution in [0.4, 0.5) is 17.1 Å². The van der Waals surface area contributed by atoms with Crippen LogP contribution in [-0.4, -0.2) is 63.6 Å². The zero-order valence-electron chi connectivity index (χ0n) is 65.4. The van der Waals surface area contributed by atoms with Gasteiger partial charge in [-0.05, 0) is 211 Å². The van der Waals surface area contributed by atoms with Gasteiger partial charge in [-0.1, -0.05) is 138 Å². The number of imidazole rings is 3. The Hall–Kier alpha value is -13.7. The molecule has 6 aromatic heterocycles. The molecule has 12 aromatic carbocycles. The number of hydrogen-bond acceptors (Lipinski definition) is 12. The van der Waals surface area contributed by atoms with Crippen LogP contribution in [0.3, 0.4) is 0 Å². The lowest BCUT2D eigenvalue weighted by Gasteiger charge is -2.42. The number of fused-ring (bicyclic) bond motifs is 12. The molecule has 562 valence electrons. The second kappa shape index (κ2) is 22.8. The van der Waals surface area contributed by atoms with Crippen molar-refractivity contribution in [2.24, 2.45) is 0 Å². The molecular weight excluding hydrogens is 1450 g/mol. The molecule has 2 bridgehead atoms. The second-order valence-corrected chi connectivity index (χ2v) is 34.3. The van der Waals surface area contributed by atoms with Gasteiger partial charge >= 0.3 is 0 Å². The number of aromatic nitrogens is 6. The van der Waals surface area contributed by atoms with Gasteiger partial charge in [-0.3, -0.25) is 56.4 Å². The van der Waals surface area contributed by atoms with Gasteiger partial charge in [-0.2, -0.15) is 0 Å². The van der Waals surface area contributed by atoms with E-state index in [1.165, 1.54) is 14.7 Å². The van der Waals surface area contributed by atoms with Gasteiger partial charge in [0.1, 0.15) is 16.9 Å². The molecule has 3 aliphatic heterocycles. The molecule has 3 aliphatic carbocycles. The molecule has 0 saturated heterocycles. The van der Waals surface area contributed by atoms with Crippen molar-refractivity contribution in [3.05, 3.63) is 295 Å². The van der Waals surface area contributed by atoms with Crippen LogP contribution in [0, 0.1) is 0 Å². The van der Waals surface area contributed by atoms with Crippen molar-refractivity contribution in [3.8, 4) is 0 Å². The molecule has 0 spiro atoms. The maximum absolute atomic E-state index is 15.8. The van der Waals surface area contributed by atoms with Crippen molar-refractivity contribution in [2.45, 2.75) is 130 Å². The average Bonchev–Trinajstić information content (AvgIpc) is 1.41. The van der Waals surface area contributed by atoms with Crippen molar-refractivity contribution in [2.75, 3.05) is 14.7 Å². The van der Waals surface area contributed by atoms with Crippen molar-refractivity contribution < 1.29 is 28.8 Å². The van der Waals surface area contributed by atoms with Gasteiger partial charge in [0.25, 0.3) is 52.1 Å². The molecule has 18 aromatic rings. The minimum absolute atomic E-state index is 0.00917. The molecule has 18 nitrogen and oxygen atoms in total. The number of para-hydroxylation sites is 3. The number of hydrogen-bond donors (Lipinski definition) is 0. The summed E-state index contributed by atoms with van der Waals surface area (Å²) in [5.74, 6) is -4.11. The summed E-state index contributed by atoms with van der Waals surface area (Å²) in [6.07, 6.45) is 0. The minimum Gasteiger partial charge on any atom is -0.268 e. The average molecular weight is 1520 g/mol. The van der Waals surface area contributed by atoms with Gasteiger partial charge in [0.05, 0.1) is 50.2 Å². The molecule has 0 radical (unpaired) electrons. The molecule has 0 unspecified atom stereocenters. The monoisotopic (exact) mass is 1520 g/mol. The first-order valence-electron chi connectivity index (χ1n) is 40.0. The highest BCUT2D eigenvalue weighted by atomic mass is 16.2. The smallest absolute Gasteiger partial charge is 0.266 e. The number of carbonyl (C=O) groups excluding carboxylic acids is 6. The Labute approximate surface area is 660 Å². The van der Waals surface area contributed by atoms with Gasteiger partial charge in [0, 0.05) is 110 Å². The van der Waals surface area contributed by atoms with Crippen LogP contribution in [0.25, 0.3) is 115 Å². The number of pyridine rings is 3. The quantitative estimate of drug-likeness (QED) is 0.123. The van der Waals surface area contributed by atoms with Crippen molar-refractivity contribution in [1.29, 1.82) is 0 Å².